The van der Waals surface area contributed by atoms with Crippen LogP contribution in [0.1, 0.15) is 11.1 Å². The van der Waals surface area contributed by atoms with E-state index in [0.717, 1.165) is 11.1 Å². The van der Waals surface area contributed by atoms with Crippen molar-refractivity contribution < 1.29 is 0 Å². The van der Waals surface area contributed by atoms with Crippen molar-refractivity contribution in [1.82, 2.24) is 4.98 Å². The molecule has 2 aromatic carbocycles. The van der Waals surface area contributed by atoms with Crippen molar-refractivity contribution in [3.8, 4) is 11.1 Å². The van der Waals surface area contributed by atoms with E-state index in [-0.39, 0.29) is 0 Å². The standard InChI is InChI=1S/C17H15IN2/c1-10-11(2)17(19)20-16-9-12(7-8-13(10)16)14-5-3-4-6-15(14)18/h3-9H,1-2H3,(H2,19,20). The van der Waals surface area contributed by atoms with Gasteiger partial charge in [0.2, 0.25) is 0 Å². The number of aryl methyl sites for hydroxylation is 1. The van der Waals surface area contributed by atoms with E-state index in [2.05, 4.69) is 77.0 Å². The highest BCUT2D eigenvalue weighted by molar-refractivity contribution is 14.1. The van der Waals surface area contributed by atoms with Gasteiger partial charge in [-0.05, 0) is 70.8 Å². The van der Waals surface area contributed by atoms with Crippen molar-refractivity contribution >= 4 is 39.3 Å². The zero-order valence-corrected chi connectivity index (χ0v) is 13.6. The third-order valence-corrected chi connectivity index (χ3v) is 4.71. The molecule has 3 aromatic rings. The molecule has 0 atom stereocenters. The topological polar surface area (TPSA) is 38.9 Å². The zero-order valence-electron chi connectivity index (χ0n) is 11.4. The van der Waals surface area contributed by atoms with Gasteiger partial charge in [-0.1, -0.05) is 30.3 Å². The lowest BCUT2D eigenvalue weighted by Crippen LogP contribution is -1.98. The maximum atomic E-state index is 5.99. The van der Waals surface area contributed by atoms with Crippen LogP contribution in [0.5, 0.6) is 0 Å². The molecule has 0 saturated carbocycles. The first-order valence-corrected chi connectivity index (χ1v) is 7.57. The summed E-state index contributed by atoms with van der Waals surface area (Å²) >= 11 is 2.36. The number of pyridine rings is 1. The summed E-state index contributed by atoms with van der Waals surface area (Å²) in [6.45, 7) is 4.12. The van der Waals surface area contributed by atoms with Crippen molar-refractivity contribution in [2.75, 3.05) is 5.73 Å². The number of nitrogen functional groups attached to an aromatic ring is 1. The molecule has 0 radical (unpaired) electrons. The van der Waals surface area contributed by atoms with Gasteiger partial charge >= 0.3 is 0 Å². The van der Waals surface area contributed by atoms with E-state index in [1.54, 1.807) is 0 Å². The lowest BCUT2D eigenvalue weighted by Gasteiger charge is -2.10. The molecule has 0 aliphatic carbocycles. The molecule has 1 aromatic heterocycles. The van der Waals surface area contributed by atoms with Gasteiger partial charge in [0.05, 0.1) is 5.52 Å². The molecule has 0 spiro atoms. The molecule has 3 rings (SSSR count). The first-order chi connectivity index (χ1) is 9.58. The molecule has 20 heavy (non-hydrogen) atoms. The van der Waals surface area contributed by atoms with E-state index in [1.165, 1.54) is 25.6 Å². The molecule has 0 aliphatic heterocycles. The van der Waals surface area contributed by atoms with Crippen LogP contribution in [0, 0.1) is 17.4 Å². The minimum Gasteiger partial charge on any atom is -0.383 e. The second-order valence-corrected chi connectivity index (χ2v) is 6.12. The normalized spacial score (nSPS) is 10.9. The van der Waals surface area contributed by atoms with Crippen molar-refractivity contribution in [2.24, 2.45) is 0 Å². The maximum absolute atomic E-state index is 5.99. The Morgan fingerprint density at radius 3 is 2.50 bits per heavy atom. The van der Waals surface area contributed by atoms with Gasteiger partial charge in [0, 0.05) is 8.96 Å². The van der Waals surface area contributed by atoms with Crippen molar-refractivity contribution in [3.05, 3.63) is 57.2 Å². The van der Waals surface area contributed by atoms with Gasteiger partial charge in [0.25, 0.3) is 0 Å². The smallest absolute Gasteiger partial charge is 0.127 e. The Labute approximate surface area is 132 Å². The fraction of sp³-hybridized carbons (Fsp3) is 0.118. The first-order valence-electron chi connectivity index (χ1n) is 6.49. The number of hydrogen-bond acceptors (Lipinski definition) is 2. The minimum absolute atomic E-state index is 0.620. The Bertz CT molecular complexity index is 809. The third kappa shape index (κ3) is 2.16. The number of hydrogen-bond donors (Lipinski definition) is 1. The Balaban J connectivity index is 2.27. The minimum atomic E-state index is 0.620. The average molecular weight is 374 g/mol. The van der Waals surface area contributed by atoms with E-state index in [0.29, 0.717) is 5.82 Å². The van der Waals surface area contributed by atoms with Crippen LogP contribution >= 0.6 is 22.6 Å². The molecule has 0 aliphatic rings. The molecule has 3 heteroatoms. The van der Waals surface area contributed by atoms with Crippen molar-refractivity contribution in [3.63, 3.8) is 0 Å². The van der Waals surface area contributed by atoms with Gasteiger partial charge in [0.15, 0.2) is 0 Å². The summed E-state index contributed by atoms with van der Waals surface area (Å²) in [4.78, 5) is 4.53. The zero-order chi connectivity index (χ0) is 14.3. The van der Waals surface area contributed by atoms with Crippen LogP contribution in [-0.4, -0.2) is 4.98 Å². The second-order valence-electron chi connectivity index (χ2n) is 4.96. The summed E-state index contributed by atoms with van der Waals surface area (Å²) in [5, 5.41) is 1.17. The number of rotatable bonds is 1. The Morgan fingerprint density at radius 1 is 1.00 bits per heavy atom. The van der Waals surface area contributed by atoms with E-state index < -0.39 is 0 Å². The summed E-state index contributed by atoms with van der Waals surface area (Å²) in [5.74, 6) is 0.620. The van der Waals surface area contributed by atoms with E-state index in [1.807, 2.05) is 6.92 Å². The summed E-state index contributed by atoms with van der Waals surface area (Å²) in [6.07, 6.45) is 0. The molecule has 0 unspecified atom stereocenters. The van der Waals surface area contributed by atoms with Crippen LogP contribution in [0.2, 0.25) is 0 Å². The maximum Gasteiger partial charge on any atom is 0.127 e. The first kappa shape index (κ1) is 13.4. The molecule has 1 heterocycles. The predicted octanol–water partition coefficient (Wildman–Crippen LogP) is 4.71. The van der Waals surface area contributed by atoms with E-state index >= 15 is 0 Å². The molecule has 0 amide bonds. The van der Waals surface area contributed by atoms with Gasteiger partial charge in [-0.25, -0.2) is 4.98 Å². The van der Waals surface area contributed by atoms with Crippen LogP contribution in [0.4, 0.5) is 5.82 Å². The Kier molecular flexibility index (Phi) is 3.38. The number of aromatic nitrogens is 1. The summed E-state index contributed by atoms with van der Waals surface area (Å²) < 4.78 is 1.24. The Hall–Kier alpha value is -1.62. The molecule has 2 N–H and O–H groups in total. The van der Waals surface area contributed by atoms with E-state index in [9.17, 15) is 0 Å². The highest BCUT2D eigenvalue weighted by Gasteiger charge is 2.08. The Morgan fingerprint density at radius 2 is 1.75 bits per heavy atom. The van der Waals surface area contributed by atoms with Gasteiger partial charge in [0.1, 0.15) is 5.82 Å². The van der Waals surface area contributed by atoms with Crippen LogP contribution in [0.15, 0.2) is 42.5 Å². The molecule has 0 bridgehead atoms. The number of fused-ring (bicyclic) bond motifs is 1. The summed E-state index contributed by atoms with van der Waals surface area (Å²) in [5.41, 5.74) is 11.6. The fourth-order valence-corrected chi connectivity index (χ4v) is 3.11. The second kappa shape index (κ2) is 5.05. The number of nitrogens with two attached hydrogens (primary N) is 1. The van der Waals surface area contributed by atoms with Gasteiger partial charge in [-0.2, -0.15) is 0 Å². The largest absolute Gasteiger partial charge is 0.383 e. The number of benzene rings is 2. The van der Waals surface area contributed by atoms with Crippen molar-refractivity contribution in [1.29, 1.82) is 0 Å². The molecule has 0 saturated heterocycles. The van der Waals surface area contributed by atoms with Gasteiger partial charge in [-0.3, -0.25) is 0 Å². The molecule has 0 fully saturated rings. The number of anilines is 1. The third-order valence-electron chi connectivity index (χ3n) is 3.77. The van der Waals surface area contributed by atoms with Crippen LogP contribution in [0.3, 0.4) is 0 Å². The summed E-state index contributed by atoms with van der Waals surface area (Å²) in [6, 6.07) is 14.8. The molecular weight excluding hydrogens is 359 g/mol. The van der Waals surface area contributed by atoms with Crippen LogP contribution < -0.4 is 5.73 Å². The molecule has 100 valence electrons. The fourth-order valence-electron chi connectivity index (χ4n) is 2.41. The quantitative estimate of drug-likeness (QED) is 0.627. The SMILES string of the molecule is Cc1c(N)nc2cc(-c3ccccc3I)ccc2c1C. The number of halogens is 1. The van der Waals surface area contributed by atoms with Crippen molar-refractivity contribution in [2.45, 2.75) is 13.8 Å². The number of nitrogens with zero attached hydrogens (tertiary/aromatic N) is 1. The lowest BCUT2D eigenvalue weighted by molar-refractivity contribution is 1.29. The molecule has 2 nitrogen and oxygen atoms in total. The van der Waals surface area contributed by atoms with Crippen LogP contribution in [-0.2, 0) is 0 Å². The lowest BCUT2D eigenvalue weighted by atomic mass is 10.00. The van der Waals surface area contributed by atoms with Crippen LogP contribution in [0.25, 0.3) is 22.0 Å². The van der Waals surface area contributed by atoms with Gasteiger partial charge in [-0.15, -0.1) is 0 Å². The average Bonchev–Trinajstić information content (AvgIpc) is 2.45. The predicted molar refractivity (Wildman–Crippen MR) is 93.8 cm³/mol. The highest BCUT2D eigenvalue weighted by Crippen LogP contribution is 2.30. The highest BCUT2D eigenvalue weighted by atomic mass is 127. The molecular formula is C17H15IN2. The monoisotopic (exact) mass is 374 g/mol. The van der Waals surface area contributed by atoms with Gasteiger partial charge < -0.3 is 5.73 Å². The van der Waals surface area contributed by atoms with E-state index in [4.69, 9.17) is 5.73 Å². The summed E-state index contributed by atoms with van der Waals surface area (Å²) in [7, 11) is 0.